The lowest BCUT2D eigenvalue weighted by Crippen LogP contribution is -2.24. The van der Waals surface area contributed by atoms with Gasteiger partial charge in [0.2, 0.25) is 0 Å². The average molecular weight is 142 g/mol. The van der Waals surface area contributed by atoms with Crippen LogP contribution in [0.5, 0.6) is 0 Å². The van der Waals surface area contributed by atoms with Gasteiger partial charge in [0.1, 0.15) is 5.78 Å². The molecule has 0 aromatic carbocycles. The van der Waals surface area contributed by atoms with Crippen LogP contribution in [0.25, 0.3) is 0 Å². The van der Waals surface area contributed by atoms with Crippen molar-refractivity contribution in [1.82, 2.24) is 0 Å². The summed E-state index contributed by atoms with van der Waals surface area (Å²) in [5.41, 5.74) is 1.95. The van der Waals surface area contributed by atoms with Crippen LogP contribution < -0.4 is 0 Å². The van der Waals surface area contributed by atoms with Crippen molar-refractivity contribution in [3.63, 3.8) is 0 Å². The maximum atomic E-state index is 10.6. The SMILES string of the molecule is C=C[Si](C)(C)CC(C)=O. The molecule has 0 unspecified atom stereocenters. The number of Topliss-reactive ketones (excluding diaryl/α,β-unsaturated/α-hetero) is 1. The lowest BCUT2D eigenvalue weighted by molar-refractivity contribution is -0.115. The molecule has 0 fully saturated rings. The van der Waals surface area contributed by atoms with Crippen molar-refractivity contribution >= 4 is 13.9 Å². The molecule has 0 amide bonds. The molecule has 0 heterocycles. The van der Waals surface area contributed by atoms with Gasteiger partial charge in [0.15, 0.2) is 0 Å². The summed E-state index contributed by atoms with van der Waals surface area (Å²) in [6, 6.07) is 0.733. The zero-order valence-electron chi connectivity index (χ0n) is 6.40. The van der Waals surface area contributed by atoms with E-state index >= 15 is 0 Å². The van der Waals surface area contributed by atoms with E-state index in [4.69, 9.17) is 0 Å². The topological polar surface area (TPSA) is 17.1 Å². The predicted molar refractivity (Wildman–Crippen MR) is 43.2 cm³/mol. The second-order valence-corrected chi connectivity index (χ2v) is 7.81. The number of ketones is 1. The second-order valence-electron chi connectivity index (χ2n) is 3.07. The van der Waals surface area contributed by atoms with E-state index in [2.05, 4.69) is 19.7 Å². The van der Waals surface area contributed by atoms with Crippen molar-refractivity contribution in [2.24, 2.45) is 0 Å². The van der Waals surface area contributed by atoms with Crippen LogP contribution in [0, 0.1) is 0 Å². The van der Waals surface area contributed by atoms with E-state index in [0.717, 1.165) is 6.04 Å². The quantitative estimate of drug-likeness (QED) is 0.551. The summed E-state index contributed by atoms with van der Waals surface area (Å²) in [5, 5.41) is 0. The Bertz CT molecular complexity index is 127. The van der Waals surface area contributed by atoms with Gasteiger partial charge in [0.05, 0.1) is 8.07 Å². The second kappa shape index (κ2) is 2.97. The smallest absolute Gasteiger partial charge is 0.127 e. The fourth-order valence-corrected chi connectivity index (χ4v) is 2.14. The minimum atomic E-state index is -1.33. The highest BCUT2D eigenvalue weighted by atomic mass is 28.3. The van der Waals surface area contributed by atoms with Crippen LogP contribution in [0.3, 0.4) is 0 Å². The third-order valence-electron chi connectivity index (χ3n) is 1.26. The number of rotatable bonds is 3. The zero-order valence-corrected chi connectivity index (χ0v) is 7.40. The summed E-state index contributed by atoms with van der Waals surface area (Å²) < 4.78 is 0. The molecular weight excluding hydrogens is 128 g/mol. The Balaban J connectivity index is 3.86. The number of carbonyl (C=O) groups excluding carboxylic acids is 1. The van der Waals surface area contributed by atoms with Crippen molar-refractivity contribution in [2.75, 3.05) is 0 Å². The van der Waals surface area contributed by atoms with Gasteiger partial charge in [-0.3, -0.25) is 0 Å². The van der Waals surface area contributed by atoms with E-state index in [1.807, 2.05) is 5.70 Å². The Kier molecular flexibility index (Phi) is 2.84. The van der Waals surface area contributed by atoms with Crippen LogP contribution in [0.15, 0.2) is 12.3 Å². The fourth-order valence-electron chi connectivity index (χ4n) is 0.714. The maximum Gasteiger partial charge on any atom is 0.127 e. The van der Waals surface area contributed by atoms with Gasteiger partial charge in [-0.1, -0.05) is 13.1 Å². The minimum absolute atomic E-state index is 0.284. The van der Waals surface area contributed by atoms with Crippen molar-refractivity contribution in [1.29, 1.82) is 0 Å². The molecule has 0 saturated carbocycles. The first-order valence-corrected chi connectivity index (χ1v) is 6.39. The van der Waals surface area contributed by atoms with E-state index in [0.29, 0.717) is 0 Å². The molecular formula is C7H14OSi. The third kappa shape index (κ3) is 4.15. The standard InChI is InChI=1S/C7H14OSi/c1-5-9(3,4)6-7(2)8/h5H,1,6H2,2-4H3. The molecule has 9 heavy (non-hydrogen) atoms. The molecule has 1 nitrogen and oxygen atoms in total. The summed E-state index contributed by atoms with van der Waals surface area (Å²) in [4.78, 5) is 10.6. The maximum absolute atomic E-state index is 10.6. The zero-order chi connectivity index (χ0) is 7.49. The van der Waals surface area contributed by atoms with Crippen molar-refractivity contribution in [3.8, 4) is 0 Å². The van der Waals surface area contributed by atoms with Gasteiger partial charge in [-0.05, 0) is 6.92 Å². The van der Waals surface area contributed by atoms with E-state index in [1.165, 1.54) is 0 Å². The van der Waals surface area contributed by atoms with Crippen molar-refractivity contribution in [2.45, 2.75) is 26.1 Å². The fraction of sp³-hybridized carbons (Fsp3) is 0.571. The lowest BCUT2D eigenvalue weighted by atomic mass is 10.5. The molecule has 0 aromatic rings. The van der Waals surface area contributed by atoms with E-state index in [9.17, 15) is 4.79 Å². The highest BCUT2D eigenvalue weighted by Crippen LogP contribution is 2.09. The molecule has 0 aliphatic rings. The third-order valence-corrected chi connectivity index (χ3v) is 3.77. The van der Waals surface area contributed by atoms with Gasteiger partial charge < -0.3 is 4.79 Å². The minimum Gasteiger partial charge on any atom is -0.300 e. The summed E-state index contributed by atoms with van der Waals surface area (Å²) in [5.74, 6) is 0.284. The summed E-state index contributed by atoms with van der Waals surface area (Å²) in [7, 11) is -1.33. The normalized spacial score (nSPS) is 11.0. The van der Waals surface area contributed by atoms with E-state index in [-0.39, 0.29) is 5.78 Å². The monoisotopic (exact) mass is 142 g/mol. The molecule has 0 rings (SSSR count). The summed E-state index contributed by atoms with van der Waals surface area (Å²) in [6.07, 6.45) is 0. The molecule has 0 bridgehead atoms. The Morgan fingerprint density at radius 1 is 1.67 bits per heavy atom. The van der Waals surface area contributed by atoms with Crippen LogP contribution >= 0.6 is 0 Å². The van der Waals surface area contributed by atoms with Gasteiger partial charge in [-0.15, -0.1) is 12.3 Å². The van der Waals surface area contributed by atoms with Crippen LogP contribution in [0.1, 0.15) is 6.92 Å². The highest BCUT2D eigenvalue weighted by molar-refractivity contribution is 6.84. The molecule has 52 valence electrons. The Morgan fingerprint density at radius 3 is 2.22 bits per heavy atom. The molecule has 2 heteroatoms. The Morgan fingerprint density at radius 2 is 2.11 bits per heavy atom. The van der Waals surface area contributed by atoms with Gasteiger partial charge in [-0.2, -0.15) is 0 Å². The van der Waals surface area contributed by atoms with E-state index in [1.54, 1.807) is 6.92 Å². The number of carbonyl (C=O) groups is 1. The molecule has 0 spiro atoms. The first-order valence-electron chi connectivity index (χ1n) is 3.11. The molecule has 0 N–H and O–H groups in total. The largest absolute Gasteiger partial charge is 0.300 e. The van der Waals surface area contributed by atoms with Crippen molar-refractivity contribution in [3.05, 3.63) is 12.3 Å². The molecule has 0 aliphatic carbocycles. The average Bonchev–Trinajstić information content (AvgIpc) is 1.63. The number of hydrogen-bond acceptors (Lipinski definition) is 1. The number of hydrogen-bond donors (Lipinski definition) is 0. The molecule has 0 saturated heterocycles. The van der Waals surface area contributed by atoms with Gasteiger partial charge in [0.25, 0.3) is 0 Å². The van der Waals surface area contributed by atoms with Crippen LogP contribution in [0.4, 0.5) is 0 Å². The van der Waals surface area contributed by atoms with E-state index < -0.39 is 8.07 Å². The van der Waals surface area contributed by atoms with Gasteiger partial charge in [-0.25, -0.2) is 0 Å². The Hall–Kier alpha value is -0.373. The first-order chi connectivity index (χ1) is 3.98. The van der Waals surface area contributed by atoms with Crippen LogP contribution in [0.2, 0.25) is 19.1 Å². The highest BCUT2D eigenvalue weighted by Gasteiger charge is 2.17. The summed E-state index contributed by atoms with van der Waals surface area (Å²) >= 11 is 0. The molecule has 0 aromatic heterocycles. The molecule has 0 radical (unpaired) electrons. The van der Waals surface area contributed by atoms with Crippen LogP contribution in [-0.2, 0) is 4.79 Å². The first kappa shape index (κ1) is 8.63. The predicted octanol–water partition coefficient (Wildman–Crippen LogP) is 2.01. The summed E-state index contributed by atoms with van der Waals surface area (Å²) in [6.45, 7) is 9.61. The van der Waals surface area contributed by atoms with Crippen molar-refractivity contribution < 1.29 is 4.79 Å². The van der Waals surface area contributed by atoms with Gasteiger partial charge >= 0.3 is 0 Å². The Labute approximate surface area is 57.8 Å². The molecule has 0 atom stereocenters. The van der Waals surface area contributed by atoms with Crippen LogP contribution in [-0.4, -0.2) is 13.9 Å². The van der Waals surface area contributed by atoms with Gasteiger partial charge in [0, 0.05) is 6.04 Å². The lowest BCUT2D eigenvalue weighted by Gasteiger charge is -2.13. The molecule has 0 aliphatic heterocycles.